The van der Waals surface area contributed by atoms with Crippen molar-refractivity contribution in [1.82, 2.24) is 10.6 Å². The molecule has 4 N–H and O–H groups in total. The van der Waals surface area contributed by atoms with Crippen molar-refractivity contribution < 1.29 is 29.3 Å². The fraction of sp³-hybridized carbons (Fsp3) is 0.900. The second-order valence-electron chi connectivity index (χ2n) is 9.58. The summed E-state index contributed by atoms with van der Waals surface area (Å²) in [5.74, 6) is 0.421. The number of aliphatic hydroxyl groups excluding tert-OH is 2. The zero-order valence-corrected chi connectivity index (χ0v) is 18.1. The Kier molecular flexibility index (Phi) is 9.01. The van der Waals surface area contributed by atoms with Gasteiger partial charge >= 0.3 is 12.2 Å². The molecule has 0 aromatic carbocycles. The first-order chi connectivity index (χ1) is 12.8. The van der Waals surface area contributed by atoms with Crippen molar-refractivity contribution in [1.29, 1.82) is 0 Å². The van der Waals surface area contributed by atoms with Crippen LogP contribution in [-0.2, 0) is 9.47 Å². The highest BCUT2D eigenvalue weighted by molar-refractivity contribution is 5.68. The van der Waals surface area contributed by atoms with Crippen LogP contribution in [0.4, 0.5) is 9.59 Å². The number of ether oxygens (including phenoxy) is 2. The van der Waals surface area contributed by atoms with Crippen molar-refractivity contribution in [2.24, 2.45) is 11.8 Å². The van der Waals surface area contributed by atoms with Gasteiger partial charge in [-0.25, -0.2) is 9.59 Å². The molecule has 2 saturated carbocycles. The van der Waals surface area contributed by atoms with Crippen LogP contribution >= 0.6 is 0 Å². The van der Waals surface area contributed by atoms with Gasteiger partial charge in [-0.15, -0.1) is 0 Å². The Morgan fingerprint density at radius 1 is 0.750 bits per heavy atom. The minimum atomic E-state index is -0.456. The first kappa shape index (κ1) is 24.5. The summed E-state index contributed by atoms with van der Waals surface area (Å²) < 4.78 is 10.1. The molecular formula is C20H38N2O6. The van der Waals surface area contributed by atoms with Crippen LogP contribution in [0.25, 0.3) is 0 Å². The molecule has 0 saturated heterocycles. The van der Waals surface area contributed by atoms with Crippen LogP contribution in [0.3, 0.4) is 0 Å². The predicted octanol–water partition coefficient (Wildman–Crippen LogP) is 2.56. The minimum Gasteiger partial charge on any atom is -0.444 e. The highest BCUT2D eigenvalue weighted by atomic mass is 16.6. The lowest BCUT2D eigenvalue weighted by atomic mass is 9.82. The third kappa shape index (κ3) is 10.1. The molecule has 0 aliphatic heterocycles. The Morgan fingerprint density at radius 2 is 1.07 bits per heavy atom. The summed E-state index contributed by atoms with van der Waals surface area (Å²) in [6, 6.07) is 0. The molecule has 2 aliphatic rings. The minimum absolute atomic E-state index is 0.211. The molecule has 2 amide bonds. The van der Waals surface area contributed by atoms with Gasteiger partial charge < -0.3 is 30.3 Å². The average molecular weight is 403 g/mol. The van der Waals surface area contributed by atoms with E-state index in [1.165, 1.54) is 0 Å². The van der Waals surface area contributed by atoms with Gasteiger partial charge in [-0.05, 0) is 67.2 Å². The molecule has 0 aromatic heterocycles. The lowest BCUT2D eigenvalue weighted by Gasteiger charge is -2.32. The highest BCUT2D eigenvalue weighted by Crippen LogP contribution is 2.26. The number of amides is 2. The maximum atomic E-state index is 11.2. The molecule has 0 spiro atoms. The smallest absolute Gasteiger partial charge is 0.407 e. The second kappa shape index (κ2) is 10.3. The Labute approximate surface area is 168 Å². The van der Waals surface area contributed by atoms with E-state index in [0.29, 0.717) is 13.1 Å². The Hall–Kier alpha value is -1.54. The molecule has 0 unspecified atom stereocenters. The molecule has 2 fully saturated rings. The third-order valence-electron chi connectivity index (χ3n) is 4.57. The zero-order valence-electron chi connectivity index (χ0n) is 18.1. The molecule has 0 heterocycles. The monoisotopic (exact) mass is 402 g/mol. The lowest BCUT2D eigenvalue weighted by molar-refractivity contribution is 0.0175. The summed E-state index contributed by atoms with van der Waals surface area (Å²) in [5.41, 5.74) is -0.912. The van der Waals surface area contributed by atoms with Crippen LogP contribution in [-0.4, -0.2) is 58.9 Å². The van der Waals surface area contributed by atoms with Crippen LogP contribution in [0.2, 0.25) is 0 Å². The van der Waals surface area contributed by atoms with E-state index >= 15 is 0 Å². The zero-order chi connectivity index (χ0) is 21.5. The van der Waals surface area contributed by atoms with Crippen molar-refractivity contribution >= 4 is 12.2 Å². The van der Waals surface area contributed by atoms with Crippen molar-refractivity contribution in [3.8, 4) is 0 Å². The second-order valence-corrected chi connectivity index (χ2v) is 9.58. The lowest BCUT2D eigenvalue weighted by Crippen LogP contribution is -2.42. The van der Waals surface area contributed by atoms with Gasteiger partial charge in [0.1, 0.15) is 11.2 Å². The Morgan fingerprint density at radius 3 is 1.25 bits per heavy atom. The van der Waals surface area contributed by atoms with Gasteiger partial charge in [0, 0.05) is 24.9 Å². The maximum Gasteiger partial charge on any atom is 0.407 e. The average Bonchev–Trinajstić information content (AvgIpc) is 2.49. The summed E-state index contributed by atoms with van der Waals surface area (Å²) in [5, 5.41) is 23.8. The molecule has 4 atom stereocenters. The highest BCUT2D eigenvalue weighted by Gasteiger charge is 2.30. The van der Waals surface area contributed by atoms with Crippen molar-refractivity contribution in [3.63, 3.8) is 0 Å². The molecule has 2 rings (SSSR count). The van der Waals surface area contributed by atoms with E-state index in [-0.39, 0.29) is 24.0 Å². The van der Waals surface area contributed by atoms with Gasteiger partial charge in [-0.2, -0.15) is 0 Å². The Bertz CT molecular complexity index is 466. The summed E-state index contributed by atoms with van der Waals surface area (Å²) in [7, 11) is 0. The van der Waals surface area contributed by atoms with E-state index in [0.717, 1.165) is 25.7 Å². The molecular weight excluding hydrogens is 364 g/mol. The number of carbonyl (C=O) groups excluding carboxylic acids is 2. The number of hydrogen-bond acceptors (Lipinski definition) is 6. The number of nitrogens with one attached hydrogen (secondary N) is 2. The third-order valence-corrected chi connectivity index (χ3v) is 4.57. The number of hydrogen-bond donors (Lipinski definition) is 4. The molecule has 28 heavy (non-hydrogen) atoms. The summed E-state index contributed by atoms with van der Waals surface area (Å²) in [4.78, 5) is 22.4. The largest absolute Gasteiger partial charge is 0.444 e. The van der Waals surface area contributed by atoms with Crippen molar-refractivity contribution in [2.75, 3.05) is 13.1 Å². The standard InChI is InChI=1S/2C10H19NO3/c2*1-10(2,3)14-9(13)11-6-7-4-5-8(7)12/h2*7-8,12H,4-6H2,1-3H3,(H,11,13)/t2*7-,8-/m10/s1. The number of alkyl carbamates (subject to hydrolysis) is 2. The molecule has 0 bridgehead atoms. The van der Waals surface area contributed by atoms with Crippen LogP contribution in [0.1, 0.15) is 67.2 Å². The van der Waals surface area contributed by atoms with E-state index in [1.54, 1.807) is 0 Å². The first-order valence-electron chi connectivity index (χ1n) is 10.1. The van der Waals surface area contributed by atoms with E-state index in [1.807, 2.05) is 41.5 Å². The topological polar surface area (TPSA) is 117 Å². The molecule has 8 nitrogen and oxygen atoms in total. The van der Waals surface area contributed by atoms with E-state index in [9.17, 15) is 19.8 Å². The number of carbonyl (C=O) groups is 2. The van der Waals surface area contributed by atoms with Gasteiger partial charge in [0.05, 0.1) is 12.2 Å². The number of rotatable bonds is 4. The van der Waals surface area contributed by atoms with Crippen molar-refractivity contribution in [2.45, 2.75) is 90.6 Å². The molecule has 2 aliphatic carbocycles. The van der Waals surface area contributed by atoms with Gasteiger partial charge in [0.25, 0.3) is 0 Å². The molecule has 164 valence electrons. The van der Waals surface area contributed by atoms with Gasteiger partial charge in [0.2, 0.25) is 0 Å². The van der Waals surface area contributed by atoms with Gasteiger partial charge in [0.15, 0.2) is 0 Å². The summed E-state index contributed by atoms with van der Waals surface area (Å²) in [6.45, 7) is 12.0. The van der Waals surface area contributed by atoms with Crippen LogP contribution < -0.4 is 10.6 Å². The fourth-order valence-corrected chi connectivity index (χ4v) is 2.64. The quantitative estimate of drug-likeness (QED) is 0.574. The van der Waals surface area contributed by atoms with Crippen LogP contribution in [0, 0.1) is 11.8 Å². The SMILES string of the molecule is CC(C)(C)OC(=O)NC[C@@H]1CC[C@@H]1O.CC(C)(C)OC(=O)NC[C@H]1CC[C@H]1O. The molecule has 0 aromatic rings. The predicted molar refractivity (Wildman–Crippen MR) is 106 cm³/mol. The van der Waals surface area contributed by atoms with E-state index < -0.39 is 23.4 Å². The van der Waals surface area contributed by atoms with Crippen LogP contribution in [0.15, 0.2) is 0 Å². The first-order valence-corrected chi connectivity index (χ1v) is 10.1. The Balaban J connectivity index is 0.000000280. The van der Waals surface area contributed by atoms with Gasteiger partial charge in [-0.1, -0.05) is 0 Å². The molecule has 0 radical (unpaired) electrons. The maximum absolute atomic E-state index is 11.2. The van der Waals surface area contributed by atoms with Crippen molar-refractivity contribution in [3.05, 3.63) is 0 Å². The van der Waals surface area contributed by atoms with E-state index in [2.05, 4.69) is 10.6 Å². The van der Waals surface area contributed by atoms with Gasteiger partial charge in [-0.3, -0.25) is 0 Å². The summed E-state index contributed by atoms with van der Waals surface area (Å²) in [6.07, 6.45) is 2.36. The van der Waals surface area contributed by atoms with E-state index in [4.69, 9.17) is 9.47 Å². The number of aliphatic hydroxyl groups is 2. The summed E-state index contributed by atoms with van der Waals surface area (Å²) >= 11 is 0. The molecule has 8 heteroatoms. The normalized spacial score (nSPS) is 26.6. The fourth-order valence-electron chi connectivity index (χ4n) is 2.64. The van der Waals surface area contributed by atoms with Crippen LogP contribution in [0.5, 0.6) is 0 Å².